The molecule has 21 heavy (non-hydrogen) atoms. The first-order chi connectivity index (χ1) is 9.99. The third-order valence-corrected chi connectivity index (χ3v) is 6.66. The minimum atomic E-state index is -3.56. The second-order valence-electron chi connectivity index (χ2n) is 5.75. The number of nitrogens with one attached hydrogen (secondary N) is 2. The lowest BCUT2D eigenvalue weighted by Crippen LogP contribution is -2.57. The monoisotopic (exact) mass is 377 g/mol. The summed E-state index contributed by atoms with van der Waals surface area (Å²) in [4.78, 5) is 2.51. The molecule has 1 aromatic heterocycles. The van der Waals surface area contributed by atoms with Gasteiger partial charge in [-0.05, 0) is 54.8 Å². The minimum Gasteiger partial charge on any atom is -0.452 e. The van der Waals surface area contributed by atoms with E-state index in [9.17, 15) is 8.42 Å². The van der Waals surface area contributed by atoms with Crippen molar-refractivity contribution in [3.8, 4) is 0 Å². The van der Waals surface area contributed by atoms with Crippen LogP contribution in [-0.2, 0) is 16.6 Å². The molecule has 0 amide bonds. The van der Waals surface area contributed by atoms with Crippen molar-refractivity contribution in [3.05, 3.63) is 16.5 Å². The van der Waals surface area contributed by atoms with Crippen molar-refractivity contribution in [2.24, 2.45) is 5.92 Å². The van der Waals surface area contributed by atoms with Crippen molar-refractivity contribution in [1.82, 2.24) is 14.9 Å². The van der Waals surface area contributed by atoms with Crippen molar-refractivity contribution < 1.29 is 12.8 Å². The van der Waals surface area contributed by atoms with Gasteiger partial charge in [0.2, 0.25) is 10.0 Å². The highest BCUT2D eigenvalue weighted by atomic mass is 79.9. The van der Waals surface area contributed by atoms with Crippen molar-refractivity contribution >= 4 is 26.0 Å². The lowest BCUT2D eigenvalue weighted by Gasteiger charge is -2.44. The molecule has 1 unspecified atom stereocenters. The Kier molecular flexibility index (Phi) is 4.42. The Bertz CT molecular complexity index is 608. The number of hydrogen-bond acceptors (Lipinski definition) is 5. The van der Waals surface area contributed by atoms with Gasteiger partial charge in [0.05, 0.1) is 6.54 Å². The van der Waals surface area contributed by atoms with E-state index in [0.717, 1.165) is 32.5 Å². The molecule has 4 rings (SSSR count). The predicted molar refractivity (Wildman–Crippen MR) is 82.4 cm³/mol. The SMILES string of the molecule is CNCc1cc(S(=O)(=O)NC2CN3CCC2CC3)c(Br)o1. The largest absolute Gasteiger partial charge is 0.452 e. The molecule has 0 aromatic carbocycles. The third-order valence-electron chi connectivity index (χ3n) is 4.31. The maximum absolute atomic E-state index is 12.6. The summed E-state index contributed by atoms with van der Waals surface area (Å²) in [7, 11) is -1.77. The first-order valence-electron chi connectivity index (χ1n) is 7.17. The highest BCUT2D eigenvalue weighted by molar-refractivity contribution is 9.10. The quantitative estimate of drug-likeness (QED) is 0.804. The van der Waals surface area contributed by atoms with Crippen LogP contribution in [0.4, 0.5) is 0 Å². The fraction of sp³-hybridized carbons (Fsp3) is 0.692. The molecule has 1 aromatic rings. The highest BCUT2D eigenvalue weighted by Crippen LogP contribution is 2.30. The molecule has 2 N–H and O–H groups in total. The van der Waals surface area contributed by atoms with Crippen LogP contribution >= 0.6 is 15.9 Å². The second kappa shape index (κ2) is 6.00. The lowest BCUT2D eigenvalue weighted by atomic mass is 9.85. The Morgan fingerprint density at radius 3 is 2.71 bits per heavy atom. The first kappa shape index (κ1) is 15.5. The van der Waals surface area contributed by atoms with Crippen molar-refractivity contribution in [2.45, 2.75) is 30.3 Å². The zero-order valence-corrected chi connectivity index (χ0v) is 14.3. The number of nitrogens with zero attached hydrogens (tertiary/aromatic N) is 1. The molecule has 0 saturated carbocycles. The van der Waals surface area contributed by atoms with Gasteiger partial charge in [0.1, 0.15) is 10.7 Å². The van der Waals surface area contributed by atoms with E-state index in [2.05, 4.69) is 30.9 Å². The molecule has 118 valence electrons. The van der Waals surface area contributed by atoms with Gasteiger partial charge in [-0.2, -0.15) is 0 Å². The molecule has 6 nitrogen and oxygen atoms in total. The fourth-order valence-electron chi connectivity index (χ4n) is 3.20. The number of hydrogen-bond donors (Lipinski definition) is 2. The number of fused-ring (bicyclic) bond motifs is 3. The normalized spacial score (nSPS) is 29.0. The number of rotatable bonds is 5. The molecule has 4 heterocycles. The topological polar surface area (TPSA) is 74.6 Å². The van der Waals surface area contributed by atoms with Gasteiger partial charge in [0.15, 0.2) is 4.67 Å². The summed E-state index contributed by atoms with van der Waals surface area (Å²) in [5.41, 5.74) is 0. The first-order valence-corrected chi connectivity index (χ1v) is 9.44. The fourth-order valence-corrected chi connectivity index (χ4v) is 5.50. The van der Waals surface area contributed by atoms with Gasteiger partial charge in [0.25, 0.3) is 0 Å². The maximum atomic E-state index is 12.6. The van der Waals surface area contributed by atoms with Crippen molar-refractivity contribution in [1.29, 1.82) is 0 Å². The van der Waals surface area contributed by atoms with E-state index in [0.29, 0.717) is 18.2 Å². The molecular weight excluding hydrogens is 358 g/mol. The third kappa shape index (κ3) is 3.19. The van der Waals surface area contributed by atoms with Gasteiger partial charge < -0.3 is 14.6 Å². The van der Waals surface area contributed by atoms with E-state index < -0.39 is 10.0 Å². The number of sulfonamides is 1. The molecule has 2 bridgehead atoms. The maximum Gasteiger partial charge on any atom is 0.245 e. The number of piperidine rings is 3. The summed E-state index contributed by atoms with van der Waals surface area (Å²) in [5, 5.41) is 2.94. The summed E-state index contributed by atoms with van der Waals surface area (Å²) in [6.45, 7) is 3.48. The predicted octanol–water partition coefficient (Wildman–Crippen LogP) is 1.13. The summed E-state index contributed by atoms with van der Waals surface area (Å²) in [6.07, 6.45) is 2.15. The van der Waals surface area contributed by atoms with Crippen LogP contribution in [0.15, 0.2) is 20.0 Å². The molecule has 0 radical (unpaired) electrons. The highest BCUT2D eigenvalue weighted by Gasteiger charge is 2.37. The van der Waals surface area contributed by atoms with Gasteiger partial charge in [-0.1, -0.05) is 0 Å². The molecule has 3 aliphatic rings. The van der Waals surface area contributed by atoms with E-state index in [1.165, 1.54) is 0 Å². The smallest absolute Gasteiger partial charge is 0.245 e. The van der Waals surface area contributed by atoms with Gasteiger partial charge in [-0.15, -0.1) is 0 Å². The summed E-state index contributed by atoms with van der Waals surface area (Å²) in [5.74, 6) is 1.05. The molecule has 0 spiro atoms. The number of halogens is 1. The molecule has 1 atom stereocenters. The van der Waals surface area contributed by atoms with Crippen LogP contribution in [0.2, 0.25) is 0 Å². The van der Waals surface area contributed by atoms with Crippen LogP contribution in [0.1, 0.15) is 18.6 Å². The second-order valence-corrected chi connectivity index (χ2v) is 8.15. The van der Waals surface area contributed by atoms with E-state index in [1.807, 2.05) is 0 Å². The van der Waals surface area contributed by atoms with Crippen LogP contribution in [0, 0.1) is 5.92 Å². The van der Waals surface area contributed by atoms with Crippen LogP contribution in [0.3, 0.4) is 0 Å². The molecule has 0 aliphatic carbocycles. The Morgan fingerprint density at radius 2 is 2.14 bits per heavy atom. The lowest BCUT2D eigenvalue weighted by molar-refractivity contribution is 0.0827. The molecule has 3 saturated heterocycles. The van der Waals surface area contributed by atoms with Crippen LogP contribution < -0.4 is 10.0 Å². The van der Waals surface area contributed by atoms with Gasteiger partial charge in [0, 0.05) is 18.7 Å². The zero-order chi connectivity index (χ0) is 15.0. The molecule has 3 fully saturated rings. The minimum absolute atomic E-state index is 0.00653. The van der Waals surface area contributed by atoms with Crippen molar-refractivity contribution in [2.75, 3.05) is 26.7 Å². The van der Waals surface area contributed by atoms with Crippen molar-refractivity contribution in [3.63, 3.8) is 0 Å². The van der Waals surface area contributed by atoms with E-state index in [-0.39, 0.29) is 15.6 Å². The van der Waals surface area contributed by atoms with Crippen LogP contribution in [0.5, 0.6) is 0 Å². The van der Waals surface area contributed by atoms with Crippen LogP contribution in [-0.4, -0.2) is 46.0 Å². The molecular formula is C13H20BrN3O3S. The zero-order valence-electron chi connectivity index (χ0n) is 11.9. The summed E-state index contributed by atoms with van der Waals surface area (Å²) >= 11 is 3.20. The Balaban J connectivity index is 1.77. The van der Waals surface area contributed by atoms with Gasteiger partial charge >= 0.3 is 0 Å². The van der Waals surface area contributed by atoms with E-state index >= 15 is 0 Å². The Morgan fingerprint density at radius 1 is 1.43 bits per heavy atom. The number of furan rings is 1. The summed E-state index contributed by atoms with van der Waals surface area (Å²) < 4.78 is 33.7. The average molecular weight is 378 g/mol. The van der Waals surface area contributed by atoms with Gasteiger partial charge in [-0.25, -0.2) is 13.1 Å². The van der Waals surface area contributed by atoms with E-state index in [4.69, 9.17) is 4.42 Å². The molecule has 3 aliphatic heterocycles. The summed E-state index contributed by atoms with van der Waals surface area (Å²) in [6, 6.07) is 1.58. The average Bonchev–Trinajstić information content (AvgIpc) is 2.82. The Labute approximate surface area is 133 Å². The standard InChI is InChI=1S/C13H20BrN3O3S/c1-15-7-10-6-12(13(14)20-10)21(18,19)16-11-8-17-4-2-9(11)3-5-17/h6,9,11,15-16H,2-5,7-8H2,1H3. The van der Waals surface area contributed by atoms with E-state index in [1.54, 1.807) is 13.1 Å². The molecule has 8 heteroatoms. The Hall–Kier alpha value is -0.410. The van der Waals surface area contributed by atoms with Gasteiger partial charge in [-0.3, -0.25) is 0 Å². The van der Waals surface area contributed by atoms with Crippen LogP contribution in [0.25, 0.3) is 0 Å².